The number of anilines is 2. The summed E-state index contributed by atoms with van der Waals surface area (Å²) >= 11 is 0. The van der Waals surface area contributed by atoms with Gasteiger partial charge in [0, 0.05) is 32.4 Å². The van der Waals surface area contributed by atoms with Gasteiger partial charge in [0.15, 0.2) is 5.82 Å². The van der Waals surface area contributed by atoms with E-state index in [1.54, 1.807) is 0 Å². The molecule has 2 fully saturated rings. The molecule has 3 atom stereocenters. The van der Waals surface area contributed by atoms with Gasteiger partial charge in [-0.25, -0.2) is 4.98 Å². The molecule has 1 aliphatic carbocycles. The molecular formula is C16H26N4. The number of nitrogens with one attached hydrogen (secondary N) is 2. The first-order valence-electron chi connectivity index (χ1n) is 7.88. The topological polar surface area (TPSA) is 40.2 Å². The van der Waals surface area contributed by atoms with E-state index in [-0.39, 0.29) is 0 Å². The fourth-order valence-electron chi connectivity index (χ4n) is 3.79. The first kappa shape index (κ1) is 13.7. The van der Waals surface area contributed by atoms with Crippen LogP contribution in [0.15, 0.2) is 18.3 Å². The number of hydrogen-bond donors (Lipinski definition) is 2. The second-order valence-electron chi connectivity index (χ2n) is 6.32. The molecule has 1 saturated carbocycles. The van der Waals surface area contributed by atoms with Crippen LogP contribution in [0.3, 0.4) is 0 Å². The molecule has 2 heterocycles. The van der Waals surface area contributed by atoms with Crippen LogP contribution in [0, 0.1) is 5.92 Å². The first-order valence-corrected chi connectivity index (χ1v) is 7.88. The molecule has 2 aliphatic rings. The van der Waals surface area contributed by atoms with Crippen LogP contribution in [0.4, 0.5) is 11.5 Å². The van der Waals surface area contributed by atoms with E-state index in [1.807, 2.05) is 12.3 Å². The van der Waals surface area contributed by atoms with Gasteiger partial charge >= 0.3 is 0 Å². The van der Waals surface area contributed by atoms with Crippen LogP contribution in [0.2, 0.25) is 0 Å². The highest BCUT2D eigenvalue weighted by molar-refractivity contribution is 5.65. The summed E-state index contributed by atoms with van der Waals surface area (Å²) in [5, 5.41) is 7.46. The number of aromatic nitrogens is 1. The fraction of sp³-hybridized carbons (Fsp3) is 0.688. The van der Waals surface area contributed by atoms with Gasteiger partial charge in [0.25, 0.3) is 0 Å². The Labute approximate surface area is 122 Å². The average Bonchev–Trinajstić information content (AvgIpc) is 3.09. The van der Waals surface area contributed by atoms with E-state index in [4.69, 9.17) is 0 Å². The largest absolute Gasteiger partial charge is 0.379 e. The smallest absolute Gasteiger partial charge is 0.151 e. The van der Waals surface area contributed by atoms with Gasteiger partial charge in [-0.1, -0.05) is 6.42 Å². The van der Waals surface area contributed by atoms with Gasteiger partial charge in [-0.15, -0.1) is 0 Å². The van der Waals surface area contributed by atoms with Crippen LogP contribution in [0.25, 0.3) is 0 Å². The average molecular weight is 274 g/mol. The van der Waals surface area contributed by atoms with Crippen LogP contribution < -0.4 is 15.5 Å². The Morgan fingerprint density at radius 3 is 2.90 bits per heavy atom. The van der Waals surface area contributed by atoms with Gasteiger partial charge < -0.3 is 15.5 Å². The van der Waals surface area contributed by atoms with E-state index in [0.29, 0.717) is 6.04 Å². The third-order valence-electron chi connectivity index (χ3n) is 4.74. The van der Waals surface area contributed by atoms with Crippen molar-refractivity contribution >= 4 is 11.5 Å². The van der Waals surface area contributed by atoms with Crippen molar-refractivity contribution in [2.75, 3.05) is 30.9 Å². The lowest BCUT2D eigenvalue weighted by Gasteiger charge is -2.28. The zero-order valence-electron chi connectivity index (χ0n) is 12.6. The highest BCUT2D eigenvalue weighted by Gasteiger charge is 2.35. The lowest BCUT2D eigenvalue weighted by molar-refractivity contribution is 0.376. The molecule has 0 amide bonds. The Morgan fingerprint density at radius 2 is 2.15 bits per heavy atom. The zero-order valence-corrected chi connectivity index (χ0v) is 12.6. The van der Waals surface area contributed by atoms with Crippen molar-refractivity contribution < 1.29 is 0 Å². The molecule has 0 radical (unpaired) electrons. The molecule has 0 bridgehead atoms. The molecule has 1 aromatic rings. The van der Waals surface area contributed by atoms with E-state index >= 15 is 0 Å². The van der Waals surface area contributed by atoms with Crippen LogP contribution in [0.5, 0.6) is 0 Å². The molecule has 0 aromatic carbocycles. The van der Waals surface area contributed by atoms with Crippen molar-refractivity contribution in [3.05, 3.63) is 18.3 Å². The van der Waals surface area contributed by atoms with Gasteiger partial charge in [0.2, 0.25) is 0 Å². The lowest BCUT2D eigenvalue weighted by Crippen LogP contribution is -2.38. The maximum atomic E-state index is 4.49. The second-order valence-corrected chi connectivity index (χ2v) is 6.32. The second kappa shape index (κ2) is 6.00. The molecule has 0 spiro atoms. The van der Waals surface area contributed by atoms with Crippen LogP contribution in [-0.2, 0) is 0 Å². The van der Waals surface area contributed by atoms with E-state index in [0.717, 1.165) is 17.8 Å². The molecule has 3 unspecified atom stereocenters. The molecule has 3 rings (SSSR count). The maximum absolute atomic E-state index is 4.49. The molecular weight excluding hydrogens is 248 g/mol. The van der Waals surface area contributed by atoms with Gasteiger partial charge in [0.1, 0.15) is 0 Å². The van der Waals surface area contributed by atoms with Gasteiger partial charge in [-0.2, -0.15) is 0 Å². The minimum Gasteiger partial charge on any atom is -0.379 e. The predicted molar refractivity (Wildman–Crippen MR) is 84.3 cm³/mol. The van der Waals surface area contributed by atoms with E-state index < -0.39 is 0 Å². The Kier molecular flexibility index (Phi) is 4.10. The fourth-order valence-corrected chi connectivity index (χ4v) is 3.79. The number of rotatable bonds is 4. The first-order chi connectivity index (χ1) is 9.75. The predicted octanol–water partition coefficient (Wildman–Crippen LogP) is 2.48. The Balaban J connectivity index is 1.73. The van der Waals surface area contributed by atoms with Gasteiger partial charge in [-0.3, -0.25) is 0 Å². The quantitative estimate of drug-likeness (QED) is 0.885. The van der Waals surface area contributed by atoms with Crippen molar-refractivity contribution in [1.82, 2.24) is 10.3 Å². The van der Waals surface area contributed by atoms with E-state index in [2.05, 4.69) is 40.7 Å². The van der Waals surface area contributed by atoms with Crippen molar-refractivity contribution in [1.29, 1.82) is 0 Å². The summed E-state index contributed by atoms with van der Waals surface area (Å²) in [5.74, 6) is 1.81. The Morgan fingerprint density at radius 1 is 1.25 bits per heavy atom. The zero-order chi connectivity index (χ0) is 13.9. The van der Waals surface area contributed by atoms with Crippen molar-refractivity contribution in [3.63, 3.8) is 0 Å². The Bertz CT molecular complexity index is 440. The van der Waals surface area contributed by atoms with E-state index in [1.165, 1.54) is 44.3 Å². The summed E-state index contributed by atoms with van der Waals surface area (Å²) < 4.78 is 0. The highest BCUT2D eigenvalue weighted by atomic mass is 15.2. The lowest BCUT2D eigenvalue weighted by atomic mass is 9.93. The van der Waals surface area contributed by atoms with Crippen molar-refractivity contribution in [3.8, 4) is 0 Å². The summed E-state index contributed by atoms with van der Waals surface area (Å²) in [6.45, 7) is 1.20. The highest BCUT2D eigenvalue weighted by Crippen LogP contribution is 2.35. The number of pyridine rings is 1. The minimum atomic E-state index is 0.591. The molecule has 4 nitrogen and oxygen atoms in total. The molecule has 110 valence electrons. The van der Waals surface area contributed by atoms with E-state index in [9.17, 15) is 0 Å². The van der Waals surface area contributed by atoms with Crippen LogP contribution in [-0.4, -0.2) is 37.7 Å². The number of nitrogens with zero attached hydrogens (tertiary/aromatic N) is 2. The summed E-state index contributed by atoms with van der Waals surface area (Å²) in [6, 6.07) is 5.48. The van der Waals surface area contributed by atoms with Gasteiger partial charge in [-0.05, 0) is 50.3 Å². The summed E-state index contributed by atoms with van der Waals surface area (Å²) in [4.78, 5) is 6.57. The maximum Gasteiger partial charge on any atom is 0.151 e. The standard InChI is InChI=1S/C16H26N4/c1-20(2)16-15(9-5-11-18-16)19-14-7-3-6-12(14)13-8-4-10-17-13/h5,9,11-14,17,19H,3-4,6-8,10H2,1-2H3. The molecule has 4 heteroatoms. The van der Waals surface area contributed by atoms with Crippen LogP contribution >= 0.6 is 0 Å². The Hall–Kier alpha value is -1.29. The normalized spacial score (nSPS) is 29.6. The summed E-state index contributed by atoms with van der Waals surface area (Å²) in [6.07, 6.45) is 8.53. The molecule has 1 aromatic heterocycles. The molecule has 2 N–H and O–H groups in total. The number of hydrogen-bond acceptors (Lipinski definition) is 4. The van der Waals surface area contributed by atoms with Gasteiger partial charge in [0.05, 0.1) is 5.69 Å². The third-order valence-corrected chi connectivity index (χ3v) is 4.74. The van der Waals surface area contributed by atoms with Crippen LogP contribution in [0.1, 0.15) is 32.1 Å². The molecule has 1 saturated heterocycles. The molecule has 20 heavy (non-hydrogen) atoms. The summed E-state index contributed by atoms with van der Waals surface area (Å²) in [7, 11) is 4.11. The van der Waals surface area contributed by atoms with Crippen molar-refractivity contribution in [2.24, 2.45) is 5.92 Å². The van der Waals surface area contributed by atoms with Crippen molar-refractivity contribution in [2.45, 2.75) is 44.2 Å². The SMILES string of the molecule is CN(C)c1ncccc1NC1CCCC1C1CCCN1. The minimum absolute atomic E-state index is 0.591. The summed E-state index contributed by atoms with van der Waals surface area (Å²) in [5.41, 5.74) is 1.17. The molecule has 1 aliphatic heterocycles. The monoisotopic (exact) mass is 274 g/mol. The third kappa shape index (κ3) is 2.75.